The second-order valence-corrected chi connectivity index (χ2v) is 5.35. The standard InChI is InChI=1S/C13H22N4O3.ClH/c1-13(2,12(18)16-10-3-5-19-9-10)17-8-11(7-15-17)20-6-4-14;/h7-8,10H,3-6,9,14H2,1-2H3,(H,16,18);1H. The molecule has 0 aromatic carbocycles. The molecule has 2 heterocycles. The number of hydrogen-bond donors (Lipinski definition) is 2. The zero-order valence-corrected chi connectivity index (χ0v) is 13.2. The molecule has 1 fully saturated rings. The van der Waals surface area contributed by atoms with Gasteiger partial charge in [0.15, 0.2) is 5.75 Å². The molecule has 1 aliphatic heterocycles. The summed E-state index contributed by atoms with van der Waals surface area (Å²) in [5.74, 6) is 0.530. The molecule has 7 nitrogen and oxygen atoms in total. The maximum absolute atomic E-state index is 12.4. The minimum Gasteiger partial charge on any atom is -0.489 e. The second kappa shape index (κ2) is 7.63. The van der Waals surface area contributed by atoms with Crippen molar-refractivity contribution >= 4 is 18.3 Å². The number of aromatic nitrogens is 2. The molecule has 0 saturated carbocycles. The number of nitrogens with two attached hydrogens (primary N) is 1. The van der Waals surface area contributed by atoms with Crippen molar-refractivity contribution in [3.8, 4) is 5.75 Å². The third-order valence-electron chi connectivity index (χ3n) is 3.34. The zero-order chi connectivity index (χ0) is 14.6. The van der Waals surface area contributed by atoms with E-state index in [9.17, 15) is 4.79 Å². The summed E-state index contributed by atoms with van der Waals surface area (Å²) in [5, 5.41) is 7.18. The van der Waals surface area contributed by atoms with E-state index in [1.165, 1.54) is 0 Å². The van der Waals surface area contributed by atoms with Gasteiger partial charge in [-0.3, -0.25) is 9.48 Å². The van der Waals surface area contributed by atoms with Crippen molar-refractivity contribution in [1.29, 1.82) is 0 Å². The number of nitrogens with one attached hydrogen (secondary N) is 1. The Balaban J connectivity index is 0.00000220. The molecule has 0 spiro atoms. The molecule has 0 aliphatic carbocycles. The summed E-state index contributed by atoms with van der Waals surface area (Å²) >= 11 is 0. The van der Waals surface area contributed by atoms with Crippen LogP contribution in [0.5, 0.6) is 5.75 Å². The lowest BCUT2D eigenvalue weighted by Crippen LogP contribution is -2.48. The molecule has 1 atom stereocenters. The minimum atomic E-state index is -0.785. The summed E-state index contributed by atoms with van der Waals surface area (Å²) in [6.07, 6.45) is 4.15. The number of hydrogen-bond acceptors (Lipinski definition) is 5. The first-order valence-corrected chi connectivity index (χ1v) is 6.81. The first kappa shape index (κ1) is 17.7. The Bertz CT molecular complexity index is 458. The fourth-order valence-electron chi connectivity index (χ4n) is 1.98. The second-order valence-electron chi connectivity index (χ2n) is 5.35. The van der Waals surface area contributed by atoms with Crippen molar-refractivity contribution in [3.63, 3.8) is 0 Å². The van der Waals surface area contributed by atoms with E-state index in [-0.39, 0.29) is 24.4 Å². The van der Waals surface area contributed by atoms with Crippen LogP contribution in [0.2, 0.25) is 0 Å². The average Bonchev–Trinajstić information content (AvgIpc) is 3.07. The van der Waals surface area contributed by atoms with Crippen molar-refractivity contribution in [1.82, 2.24) is 15.1 Å². The average molecular weight is 319 g/mol. The van der Waals surface area contributed by atoms with Gasteiger partial charge < -0.3 is 20.5 Å². The van der Waals surface area contributed by atoms with Crippen LogP contribution in [0.1, 0.15) is 20.3 Å². The largest absolute Gasteiger partial charge is 0.489 e. The Morgan fingerprint density at radius 2 is 2.43 bits per heavy atom. The van der Waals surface area contributed by atoms with Crippen LogP contribution in [0.15, 0.2) is 12.4 Å². The van der Waals surface area contributed by atoms with E-state index in [2.05, 4.69) is 10.4 Å². The molecule has 1 saturated heterocycles. The third kappa shape index (κ3) is 4.33. The van der Waals surface area contributed by atoms with Crippen LogP contribution >= 0.6 is 12.4 Å². The molecule has 0 radical (unpaired) electrons. The van der Waals surface area contributed by atoms with Crippen molar-refractivity contribution in [2.45, 2.75) is 31.8 Å². The van der Waals surface area contributed by atoms with Gasteiger partial charge in [-0.1, -0.05) is 0 Å². The van der Waals surface area contributed by atoms with E-state index in [0.717, 1.165) is 6.42 Å². The molecule has 8 heteroatoms. The summed E-state index contributed by atoms with van der Waals surface area (Å²) in [6.45, 7) is 5.78. The Labute approximate surface area is 130 Å². The third-order valence-corrected chi connectivity index (χ3v) is 3.34. The molecular weight excluding hydrogens is 296 g/mol. The molecule has 1 aliphatic rings. The van der Waals surface area contributed by atoms with Crippen molar-refractivity contribution in [3.05, 3.63) is 12.4 Å². The number of amides is 1. The summed E-state index contributed by atoms with van der Waals surface area (Å²) in [6, 6.07) is 0.0882. The van der Waals surface area contributed by atoms with E-state index in [4.69, 9.17) is 15.2 Å². The number of rotatable bonds is 6. The van der Waals surface area contributed by atoms with E-state index in [1.54, 1.807) is 17.1 Å². The maximum Gasteiger partial charge on any atom is 0.247 e. The minimum absolute atomic E-state index is 0. The highest BCUT2D eigenvalue weighted by atomic mass is 35.5. The van der Waals surface area contributed by atoms with Gasteiger partial charge in [0.2, 0.25) is 5.91 Å². The van der Waals surface area contributed by atoms with Gasteiger partial charge >= 0.3 is 0 Å². The highest BCUT2D eigenvalue weighted by Gasteiger charge is 2.33. The molecule has 3 N–H and O–H groups in total. The summed E-state index contributed by atoms with van der Waals surface area (Å²) in [7, 11) is 0. The lowest BCUT2D eigenvalue weighted by Gasteiger charge is -2.25. The zero-order valence-electron chi connectivity index (χ0n) is 12.4. The summed E-state index contributed by atoms with van der Waals surface area (Å²) < 4.78 is 12.2. The molecule has 1 amide bonds. The predicted molar refractivity (Wildman–Crippen MR) is 80.7 cm³/mol. The van der Waals surface area contributed by atoms with Gasteiger partial charge in [-0.15, -0.1) is 12.4 Å². The smallest absolute Gasteiger partial charge is 0.247 e. The van der Waals surface area contributed by atoms with E-state index < -0.39 is 5.54 Å². The number of ether oxygens (including phenoxy) is 2. The Morgan fingerprint density at radius 1 is 1.67 bits per heavy atom. The molecular formula is C13H23ClN4O3. The van der Waals surface area contributed by atoms with Crippen LogP contribution < -0.4 is 15.8 Å². The molecule has 21 heavy (non-hydrogen) atoms. The van der Waals surface area contributed by atoms with Crippen LogP contribution in [0.4, 0.5) is 0 Å². The SMILES string of the molecule is CC(C)(C(=O)NC1CCOC1)n1cc(OCCN)cn1.Cl. The first-order valence-electron chi connectivity index (χ1n) is 6.81. The van der Waals surface area contributed by atoms with Crippen LogP contribution in [0.25, 0.3) is 0 Å². The summed E-state index contributed by atoms with van der Waals surface area (Å²) in [4.78, 5) is 12.4. The normalized spacial score (nSPS) is 18.1. The van der Waals surface area contributed by atoms with Gasteiger partial charge in [0, 0.05) is 13.2 Å². The van der Waals surface area contributed by atoms with Gasteiger partial charge in [-0.05, 0) is 20.3 Å². The fraction of sp³-hybridized carbons (Fsp3) is 0.692. The van der Waals surface area contributed by atoms with Crippen molar-refractivity contribution in [2.75, 3.05) is 26.4 Å². The van der Waals surface area contributed by atoms with Crippen molar-refractivity contribution in [2.24, 2.45) is 5.73 Å². The number of carbonyl (C=O) groups is 1. The van der Waals surface area contributed by atoms with Crippen LogP contribution in [0.3, 0.4) is 0 Å². The van der Waals surface area contributed by atoms with Gasteiger partial charge in [0.05, 0.1) is 25.0 Å². The van der Waals surface area contributed by atoms with Crippen LogP contribution in [-0.2, 0) is 15.1 Å². The van der Waals surface area contributed by atoms with Crippen LogP contribution in [0, 0.1) is 0 Å². The Morgan fingerprint density at radius 3 is 3.05 bits per heavy atom. The Hall–Kier alpha value is -1.31. The number of nitrogens with zero attached hydrogens (tertiary/aromatic N) is 2. The molecule has 2 rings (SSSR count). The van der Waals surface area contributed by atoms with Crippen molar-refractivity contribution < 1.29 is 14.3 Å². The summed E-state index contributed by atoms with van der Waals surface area (Å²) in [5.41, 5.74) is 4.60. The van der Waals surface area contributed by atoms with Gasteiger partial charge in [0.1, 0.15) is 12.1 Å². The van der Waals surface area contributed by atoms with Crippen LogP contribution in [-0.4, -0.2) is 48.1 Å². The lowest BCUT2D eigenvalue weighted by molar-refractivity contribution is -0.129. The van der Waals surface area contributed by atoms with Gasteiger partial charge in [-0.25, -0.2) is 0 Å². The lowest BCUT2D eigenvalue weighted by atomic mass is 10.0. The maximum atomic E-state index is 12.4. The predicted octanol–water partition coefficient (Wildman–Crippen LogP) is 0.283. The topological polar surface area (TPSA) is 91.4 Å². The molecule has 1 aromatic rings. The van der Waals surface area contributed by atoms with Gasteiger partial charge in [-0.2, -0.15) is 5.10 Å². The van der Waals surface area contributed by atoms with E-state index >= 15 is 0 Å². The highest BCUT2D eigenvalue weighted by molar-refractivity contribution is 5.85. The molecule has 1 unspecified atom stereocenters. The van der Waals surface area contributed by atoms with E-state index in [1.807, 2.05) is 13.8 Å². The molecule has 0 bridgehead atoms. The number of carbonyl (C=O) groups excluding carboxylic acids is 1. The molecule has 120 valence electrons. The molecule has 1 aromatic heterocycles. The van der Waals surface area contributed by atoms with E-state index in [0.29, 0.717) is 32.1 Å². The highest BCUT2D eigenvalue weighted by Crippen LogP contribution is 2.19. The monoisotopic (exact) mass is 318 g/mol. The Kier molecular flexibility index (Phi) is 6.44. The quantitative estimate of drug-likeness (QED) is 0.786. The number of halogens is 1. The first-order chi connectivity index (χ1) is 9.54. The van der Waals surface area contributed by atoms with Gasteiger partial charge in [0.25, 0.3) is 0 Å². The fourth-order valence-corrected chi connectivity index (χ4v) is 1.98.